The topological polar surface area (TPSA) is 38.8 Å². The molecule has 5 heteroatoms. The number of likely N-dealkylation sites (N-methyl/N-ethyl adjacent to an activating group) is 1. The molecule has 98 valence electrons. The lowest BCUT2D eigenvalue weighted by Crippen LogP contribution is -2.29. The van der Waals surface area contributed by atoms with Gasteiger partial charge in [0.2, 0.25) is 0 Å². The zero-order valence-corrected chi connectivity index (χ0v) is 10.4. The number of halogens is 1. The summed E-state index contributed by atoms with van der Waals surface area (Å²) in [5, 5.41) is 0. The molecule has 0 saturated carbocycles. The first-order valence-corrected chi connectivity index (χ1v) is 5.80. The van der Waals surface area contributed by atoms with Crippen molar-refractivity contribution >= 4 is 5.97 Å². The van der Waals surface area contributed by atoms with E-state index in [-0.39, 0.29) is 12.0 Å². The van der Waals surface area contributed by atoms with E-state index in [1.807, 2.05) is 11.9 Å². The Bertz CT molecular complexity index is 270. The zero-order valence-electron chi connectivity index (χ0n) is 10.4. The molecule has 2 atom stereocenters. The Kier molecular flexibility index (Phi) is 6.15. The number of nitrogens with zero attached hydrogens (tertiary/aromatic N) is 1. The van der Waals surface area contributed by atoms with Gasteiger partial charge < -0.3 is 9.47 Å². The van der Waals surface area contributed by atoms with Crippen LogP contribution in [0.2, 0.25) is 0 Å². The lowest BCUT2D eigenvalue weighted by molar-refractivity contribution is -0.134. The Hall–Kier alpha value is -0.940. The van der Waals surface area contributed by atoms with E-state index in [1.54, 1.807) is 6.08 Å². The first kappa shape index (κ1) is 14.1. The fraction of sp³-hybridized carbons (Fsp3) is 0.750. The zero-order chi connectivity index (χ0) is 12.7. The van der Waals surface area contributed by atoms with E-state index in [9.17, 15) is 9.18 Å². The van der Waals surface area contributed by atoms with Gasteiger partial charge in [-0.2, -0.15) is 0 Å². The van der Waals surface area contributed by atoms with E-state index in [2.05, 4.69) is 4.74 Å². The average molecular weight is 245 g/mol. The molecule has 17 heavy (non-hydrogen) atoms. The number of esters is 1. The van der Waals surface area contributed by atoms with Gasteiger partial charge in [0.25, 0.3) is 0 Å². The molecule has 0 aromatic carbocycles. The predicted molar refractivity (Wildman–Crippen MR) is 62.5 cm³/mol. The maximum atomic E-state index is 13.0. The highest BCUT2D eigenvalue weighted by atomic mass is 19.1. The van der Waals surface area contributed by atoms with Gasteiger partial charge in [-0.15, -0.1) is 0 Å². The van der Waals surface area contributed by atoms with Crippen molar-refractivity contribution in [1.82, 2.24) is 4.90 Å². The normalized spacial score (nSPS) is 25.6. The molecule has 1 aliphatic rings. The molecule has 1 heterocycles. The van der Waals surface area contributed by atoms with Gasteiger partial charge in [-0.05, 0) is 19.9 Å². The second kappa shape index (κ2) is 7.40. The van der Waals surface area contributed by atoms with Crippen LogP contribution < -0.4 is 0 Å². The summed E-state index contributed by atoms with van der Waals surface area (Å²) in [4.78, 5) is 12.7. The number of likely N-dealkylation sites (tertiary alicyclic amines) is 1. The summed E-state index contributed by atoms with van der Waals surface area (Å²) in [6.45, 7) is 1.58. The Balaban J connectivity index is 2.05. The van der Waals surface area contributed by atoms with Crippen molar-refractivity contribution in [2.45, 2.75) is 25.1 Å². The smallest absolute Gasteiger partial charge is 0.330 e. The van der Waals surface area contributed by atoms with Crippen LogP contribution in [0.4, 0.5) is 4.39 Å². The van der Waals surface area contributed by atoms with Crippen molar-refractivity contribution < 1.29 is 18.7 Å². The van der Waals surface area contributed by atoms with Crippen molar-refractivity contribution in [3.8, 4) is 0 Å². The monoisotopic (exact) mass is 245 g/mol. The largest absolute Gasteiger partial charge is 0.466 e. The van der Waals surface area contributed by atoms with Crippen molar-refractivity contribution in [3.63, 3.8) is 0 Å². The van der Waals surface area contributed by atoms with Crippen molar-refractivity contribution in [2.24, 2.45) is 0 Å². The molecule has 4 nitrogen and oxygen atoms in total. The maximum absolute atomic E-state index is 13.0. The number of carbonyl (C=O) groups is 1. The third kappa shape index (κ3) is 5.28. The van der Waals surface area contributed by atoms with Gasteiger partial charge in [0.1, 0.15) is 6.17 Å². The Labute approximate surface area is 101 Å². The van der Waals surface area contributed by atoms with Gasteiger partial charge in [0, 0.05) is 18.7 Å². The number of hydrogen-bond acceptors (Lipinski definition) is 4. The quantitative estimate of drug-likeness (QED) is 0.400. The first-order valence-electron chi connectivity index (χ1n) is 5.80. The molecule has 0 N–H and O–H groups in total. The van der Waals surface area contributed by atoms with E-state index in [0.717, 1.165) is 0 Å². The summed E-state index contributed by atoms with van der Waals surface area (Å²) < 4.78 is 22.9. The minimum Gasteiger partial charge on any atom is -0.466 e. The van der Waals surface area contributed by atoms with Gasteiger partial charge in [-0.3, -0.25) is 4.90 Å². The molecule has 0 amide bonds. The van der Waals surface area contributed by atoms with Gasteiger partial charge >= 0.3 is 5.97 Å². The number of rotatable bonds is 6. The van der Waals surface area contributed by atoms with Crippen LogP contribution >= 0.6 is 0 Å². The molecule has 0 aromatic rings. The molecule has 0 spiro atoms. The molecule has 0 bridgehead atoms. The number of ether oxygens (including phenoxy) is 2. The Morgan fingerprint density at radius 3 is 2.94 bits per heavy atom. The molecular weight excluding hydrogens is 225 g/mol. The second-order valence-corrected chi connectivity index (χ2v) is 4.22. The summed E-state index contributed by atoms with van der Waals surface area (Å²) in [6, 6.07) is 0.176. The van der Waals surface area contributed by atoms with Crippen molar-refractivity contribution in [1.29, 1.82) is 0 Å². The fourth-order valence-corrected chi connectivity index (χ4v) is 1.82. The second-order valence-electron chi connectivity index (χ2n) is 4.22. The summed E-state index contributed by atoms with van der Waals surface area (Å²) in [5.41, 5.74) is 0. The molecular formula is C12H20FNO3. The molecule has 0 aliphatic carbocycles. The number of carbonyl (C=O) groups excluding carboxylic acids is 1. The molecule has 0 unspecified atom stereocenters. The Morgan fingerprint density at radius 1 is 1.59 bits per heavy atom. The molecule has 0 radical (unpaired) electrons. The standard InChI is InChI=1S/C12H20FNO3/c1-14-8-10(13)7-11(14)9-17-6-4-3-5-12(15)16-2/h3,5,10-11H,4,6-9H2,1-2H3/b5-3+/t10-,11-/m0/s1. The minimum atomic E-state index is -0.729. The highest BCUT2D eigenvalue weighted by Gasteiger charge is 2.28. The number of alkyl halides is 1. The van der Waals surface area contributed by atoms with Crippen molar-refractivity contribution in [2.75, 3.05) is 33.9 Å². The first-order chi connectivity index (χ1) is 8.13. The van der Waals surface area contributed by atoms with Crippen LogP contribution in [-0.4, -0.2) is 57.0 Å². The molecule has 1 saturated heterocycles. The summed E-state index contributed by atoms with van der Waals surface area (Å²) in [7, 11) is 3.25. The predicted octanol–water partition coefficient (Wildman–Crippen LogP) is 1.16. The third-order valence-electron chi connectivity index (χ3n) is 2.83. The van der Waals surface area contributed by atoms with Gasteiger partial charge in [0.05, 0.1) is 20.3 Å². The van der Waals surface area contributed by atoms with E-state index >= 15 is 0 Å². The van der Waals surface area contributed by atoms with Crippen LogP contribution in [0.15, 0.2) is 12.2 Å². The summed E-state index contributed by atoms with van der Waals surface area (Å²) in [6.07, 6.45) is 3.57. The number of methoxy groups -OCH3 is 1. The molecule has 0 aromatic heterocycles. The van der Waals surface area contributed by atoms with Crippen LogP contribution in [0.3, 0.4) is 0 Å². The summed E-state index contributed by atoms with van der Waals surface area (Å²) in [5.74, 6) is -0.360. The maximum Gasteiger partial charge on any atom is 0.330 e. The van der Waals surface area contributed by atoms with E-state index in [0.29, 0.717) is 32.6 Å². The summed E-state index contributed by atoms with van der Waals surface area (Å²) >= 11 is 0. The highest BCUT2D eigenvalue weighted by Crippen LogP contribution is 2.18. The lowest BCUT2D eigenvalue weighted by atomic mass is 10.2. The minimum absolute atomic E-state index is 0.176. The van der Waals surface area contributed by atoms with Crippen LogP contribution in [0, 0.1) is 0 Å². The van der Waals surface area contributed by atoms with Gasteiger partial charge in [-0.25, -0.2) is 9.18 Å². The average Bonchev–Trinajstić information content (AvgIpc) is 2.62. The van der Waals surface area contributed by atoms with Crippen LogP contribution in [0.25, 0.3) is 0 Å². The van der Waals surface area contributed by atoms with Crippen molar-refractivity contribution in [3.05, 3.63) is 12.2 Å². The van der Waals surface area contributed by atoms with Crippen LogP contribution in [0.5, 0.6) is 0 Å². The van der Waals surface area contributed by atoms with E-state index in [4.69, 9.17) is 4.74 Å². The Morgan fingerprint density at radius 2 is 2.35 bits per heavy atom. The molecule has 1 rings (SSSR count). The highest BCUT2D eigenvalue weighted by molar-refractivity contribution is 5.81. The van der Waals surface area contributed by atoms with Gasteiger partial charge in [-0.1, -0.05) is 6.08 Å². The number of hydrogen-bond donors (Lipinski definition) is 0. The van der Waals surface area contributed by atoms with Gasteiger partial charge in [0.15, 0.2) is 0 Å². The fourth-order valence-electron chi connectivity index (χ4n) is 1.82. The van der Waals surface area contributed by atoms with Crippen LogP contribution in [0.1, 0.15) is 12.8 Å². The van der Waals surface area contributed by atoms with Crippen LogP contribution in [-0.2, 0) is 14.3 Å². The SMILES string of the molecule is COC(=O)/C=C/CCOC[C@@H]1C[C@H](F)CN1C. The molecule has 1 fully saturated rings. The lowest BCUT2D eigenvalue weighted by Gasteiger charge is -2.18. The molecule has 1 aliphatic heterocycles. The van der Waals surface area contributed by atoms with E-state index in [1.165, 1.54) is 13.2 Å². The third-order valence-corrected chi connectivity index (χ3v) is 2.83. The van der Waals surface area contributed by atoms with E-state index < -0.39 is 6.17 Å².